The Balaban J connectivity index is 1.81. The molecule has 1 aliphatic rings. The smallest absolute Gasteiger partial charge is 0.265 e. The minimum Gasteiger partial charge on any atom is -0.483 e. The lowest BCUT2D eigenvalue weighted by molar-refractivity contribution is -0.121. The van der Waals surface area contributed by atoms with E-state index in [9.17, 15) is 9.59 Å². The van der Waals surface area contributed by atoms with E-state index >= 15 is 0 Å². The van der Waals surface area contributed by atoms with Gasteiger partial charge in [-0.3, -0.25) is 9.59 Å². The molecule has 1 aliphatic heterocycles. The fraction of sp³-hybridized carbons (Fsp3) is 0.222. The minimum atomic E-state index is -0.256. The van der Waals surface area contributed by atoms with Gasteiger partial charge in [-0.05, 0) is 53.2 Å². The highest BCUT2D eigenvalue weighted by molar-refractivity contribution is 9.11. The van der Waals surface area contributed by atoms with Gasteiger partial charge in [0, 0.05) is 16.9 Å². The molecule has 0 bridgehead atoms. The zero-order chi connectivity index (χ0) is 18.0. The summed E-state index contributed by atoms with van der Waals surface area (Å²) < 4.78 is 7.35. The SMILES string of the molecule is CC1CC(=O)Nc2ccccc2N1C(=O)COc1ccc(Br)cc1Br. The average molecular weight is 468 g/mol. The largest absolute Gasteiger partial charge is 0.483 e. The van der Waals surface area contributed by atoms with E-state index in [1.807, 2.05) is 37.3 Å². The van der Waals surface area contributed by atoms with Crippen LogP contribution in [0.5, 0.6) is 5.75 Å². The molecule has 1 unspecified atom stereocenters. The third-order valence-corrected chi connectivity index (χ3v) is 4.99. The summed E-state index contributed by atoms with van der Waals surface area (Å²) in [6.07, 6.45) is 0.238. The summed E-state index contributed by atoms with van der Waals surface area (Å²) in [6.45, 7) is 1.74. The highest BCUT2D eigenvalue weighted by Gasteiger charge is 2.29. The summed E-state index contributed by atoms with van der Waals surface area (Å²) >= 11 is 6.80. The van der Waals surface area contributed by atoms with Gasteiger partial charge in [-0.1, -0.05) is 28.1 Å². The first-order valence-corrected chi connectivity index (χ1v) is 9.33. The minimum absolute atomic E-state index is 0.105. The molecule has 7 heteroatoms. The molecule has 3 rings (SSSR count). The molecular weight excluding hydrogens is 452 g/mol. The van der Waals surface area contributed by atoms with E-state index in [0.29, 0.717) is 17.1 Å². The molecule has 2 aromatic carbocycles. The normalized spacial score (nSPS) is 16.7. The maximum absolute atomic E-state index is 12.8. The standard InChI is InChI=1S/C18H16Br2N2O3/c1-11-8-17(23)21-14-4-2-3-5-15(14)22(11)18(24)10-25-16-7-6-12(19)9-13(16)20/h2-7,9,11H,8,10H2,1H3,(H,21,23). The van der Waals surface area contributed by atoms with Crippen LogP contribution in [0.2, 0.25) is 0 Å². The Bertz CT molecular complexity index is 826. The number of fused-ring (bicyclic) bond motifs is 1. The summed E-state index contributed by atoms with van der Waals surface area (Å²) in [5.74, 6) is 0.277. The maximum Gasteiger partial charge on any atom is 0.265 e. The molecule has 0 aliphatic carbocycles. The molecule has 2 aromatic rings. The van der Waals surface area contributed by atoms with E-state index in [2.05, 4.69) is 37.2 Å². The number of carbonyl (C=O) groups excluding carboxylic acids is 2. The summed E-state index contributed by atoms with van der Waals surface area (Å²) in [5.41, 5.74) is 1.32. The zero-order valence-corrected chi connectivity index (χ0v) is 16.6. The number of carbonyl (C=O) groups is 2. The molecular formula is C18H16Br2N2O3. The van der Waals surface area contributed by atoms with Gasteiger partial charge in [0.15, 0.2) is 6.61 Å². The van der Waals surface area contributed by atoms with Crippen LogP contribution in [-0.2, 0) is 9.59 Å². The molecule has 1 atom stereocenters. The van der Waals surface area contributed by atoms with Gasteiger partial charge in [-0.15, -0.1) is 0 Å². The third kappa shape index (κ3) is 4.04. The Kier molecular flexibility index (Phi) is 5.44. The molecule has 0 saturated heterocycles. The topological polar surface area (TPSA) is 58.6 Å². The van der Waals surface area contributed by atoms with E-state index in [0.717, 1.165) is 8.95 Å². The van der Waals surface area contributed by atoms with Crippen LogP contribution in [0.25, 0.3) is 0 Å². The molecule has 2 amide bonds. The Morgan fingerprint density at radius 3 is 2.80 bits per heavy atom. The van der Waals surface area contributed by atoms with E-state index < -0.39 is 0 Å². The van der Waals surface area contributed by atoms with Crippen LogP contribution in [0.3, 0.4) is 0 Å². The molecule has 0 saturated carbocycles. The number of halogens is 2. The fourth-order valence-corrected chi connectivity index (χ4v) is 3.93. The number of nitrogens with zero attached hydrogens (tertiary/aromatic N) is 1. The molecule has 0 aromatic heterocycles. The summed E-state index contributed by atoms with van der Waals surface area (Å²) in [7, 11) is 0. The molecule has 0 spiro atoms. The van der Waals surface area contributed by atoms with Crippen LogP contribution >= 0.6 is 31.9 Å². The van der Waals surface area contributed by atoms with Gasteiger partial charge >= 0.3 is 0 Å². The second-order valence-corrected chi connectivity index (χ2v) is 7.52. The van der Waals surface area contributed by atoms with E-state index in [-0.39, 0.29) is 30.9 Å². The van der Waals surface area contributed by atoms with E-state index in [1.54, 1.807) is 17.0 Å². The van der Waals surface area contributed by atoms with Crippen molar-refractivity contribution in [2.24, 2.45) is 0 Å². The van der Waals surface area contributed by atoms with Crippen LogP contribution in [0.4, 0.5) is 11.4 Å². The van der Waals surface area contributed by atoms with E-state index in [1.165, 1.54) is 0 Å². The van der Waals surface area contributed by atoms with Crippen molar-refractivity contribution in [3.05, 3.63) is 51.4 Å². The molecule has 25 heavy (non-hydrogen) atoms. The molecule has 130 valence electrons. The number of amides is 2. The van der Waals surface area contributed by atoms with Crippen LogP contribution in [-0.4, -0.2) is 24.5 Å². The van der Waals surface area contributed by atoms with Crippen LogP contribution in [0, 0.1) is 0 Å². The van der Waals surface area contributed by atoms with Gasteiger partial charge in [0.2, 0.25) is 5.91 Å². The molecule has 1 heterocycles. The van der Waals surface area contributed by atoms with Crippen molar-refractivity contribution in [1.82, 2.24) is 0 Å². The molecule has 5 nitrogen and oxygen atoms in total. The predicted octanol–water partition coefficient (Wildman–Crippen LogP) is 4.35. The Labute approximate surface area is 162 Å². The zero-order valence-electron chi connectivity index (χ0n) is 13.5. The first kappa shape index (κ1) is 17.9. The van der Waals surface area contributed by atoms with Crippen molar-refractivity contribution in [2.75, 3.05) is 16.8 Å². The van der Waals surface area contributed by atoms with Crippen LogP contribution in [0.1, 0.15) is 13.3 Å². The predicted molar refractivity (Wildman–Crippen MR) is 104 cm³/mol. The average Bonchev–Trinajstić information content (AvgIpc) is 2.68. The third-order valence-electron chi connectivity index (χ3n) is 3.87. The summed E-state index contributed by atoms with van der Waals surface area (Å²) in [4.78, 5) is 26.4. The van der Waals surface area contributed by atoms with Gasteiger partial charge in [-0.2, -0.15) is 0 Å². The summed E-state index contributed by atoms with van der Waals surface area (Å²) in [6, 6.07) is 12.5. The van der Waals surface area contributed by atoms with E-state index in [4.69, 9.17) is 4.74 Å². The van der Waals surface area contributed by atoms with Crippen molar-refractivity contribution in [1.29, 1.82) is 0 Å². The number of hydrogen-bond acceptors (Lipinski definition) is 3. The quantitative estimate of drug-likeness (QED) is 0.729. The molecule has 0 radical (unpaired) electrons. The van der Waals surface area contributed by atoms with Crippen LogP contribution in [0.15, 0.2) is 51.4 Å². The van der Waals surface area contributed by atoms with Crippen molar-refractivity contribution in [3.63, 3.8) is 0 Å². The van der Waals surface area contributed by atoms with Gasteiger partial charge in [0.1, 0.15) is 5.75 Å². The Morgan fingerprint density at radius 1 is 1.28 bits per heavy atom. The van der Waals surface area contributed by atoms with Crippen molar-refractivity contribution in [3.8, 4) is 5.75 Å². The maximum atomic E-state index is 12.8. The molecule has 1 N–H and O–H groups in total. The number of hydrogen-bond donors (Lipinski definition) is 1. The van der Waals surface area contributed by atoms with Gasteiger partial charge in [0.05, 0.1) is 15.8 Å². The van der Waals surface area contributed by atoms with Crippen molar-refractivity contribution < 1.29 is 14.3 Å². The fourth-order valence-electron chi connectivity index (χ4n) is 2.77. The van der Waals surface area contributed by atoms with Crippen LogP contribution < -0.4 is 15.0 Å². The lowest BCUT2D eigenvalue weighted by atomic mass is 10.1. The molecule has 0 fully saturated rings. The number of anilines is 2. The lowest BCUT2D eigenvalue weighted by Gasteiger charge is -2.27. The number of rotatable bonds is 3. The monoisotopic (exact) mass is 466 g/mol. The highest BCUT2D eigenvalue weighted by atomic mass is 79.9. The second kappa shape index (κ2) is 7.58. The lowest BCUT2D eigenvalue weighted by Crippen LogP contribution is -2.41. The summed E-state index contributed by atoms with van der Waals surface area (Å²) in [5, 5.41) is 2.84. The number of benzene rings is 2. The van der Waals surface area contributed by atoms with Gasteiger partial charge in [0.25, 0.3) is 5.91 Å². The number of ether oxygens (including phenoxy) is 1. The van der Waals surface area contributed by atoms with Gasteiger partial charge in [-0.25, -0.2) is 0 Å². The first-order chi connectivity index (χ1) is 12.0. The number of para-hydroxylation sites is 2. The first-order valence-electron chi connectivity index (χ1n) is 7.74. The van der Waals surface area contributed by atoms with Gasteiger partial charge < -0.3 is 15.0 Å². The van der Waals surface area contributed by atoms with Crippen molar-refractivity contribution >= 4 is 55.0 Å². The van der Waals surface area contributed by atoms with Crippen molar-refractivity contribution in [2.45, 2.75) is 19.4 Å². The second-order valence-electron chi connectivity index (χ2n) is 5.75. The highest BCUT2D eigenvalue weighted by Crippen LogP contribution is 2.32. The number of nitrogens with one attached hydrogen (secondary N) is 1. The Hall–Kier alpha value is -1.86. The Morgan fingerprint density at radius 2 is 2.04 bits per heavy atom.